The van der Waals surface area contributed by atoms with Crippen molar-refractivity contribution in [3.63, 3.8) is 0 Å². The zero-order chi connectivity index (χ0) is 14.1. The lowest BCUT2D eigenvalue weighted by Gasteiger charge is -2.27. The van der Waals surface area contributed by atoms with Crippen LogP contribution in [0.15, 0.2) is 24.3 Å². The predicted octanol–water partition coefficient (Wildman–Crippen LogP) is 2.50. The van der Waals surface area contributed by atoms with E-state index in [1.54, 1.807) is 0 Å². The lowest BCUT2D eigenvalue weighted by Crippen LogP contribution is -2.27. The van der Waals surface area contributed by atoms with Crippen molar-refractivity contribution >= 4 is 16.9 Å². The summed E-state index contributed by atoms with van der Waals surface area (Å²) < 4.78 is 0. The maximum Gasteiger partial charge on any atom is 0.0725 e. The highest BCUT2D eigenvalue weighted by molar-refractivity contribution is 6.03. The standard InChI is InChI=1S/C17H19NO2/c1-2-5-11-8-9-15-13(10-11)16(17(19)20)12-6-3-4-7-14(12)18-15/h3-4,6-7,11H,2,5,8-10H2,1H3,(H,19,20)/p-1/t11-/m0/s1. The van der Waals surface area contributed by atoms with Crippen molar-refractivity contribution in [2.24, 2.45) is 5.92 Å². The second kappa shape index (κ2) is 5.23. The number of carboxylic acid groups (broad SMARTS) is 1. The minimum atomic E-state index is -1.07. The maximum absolute atomic E-state index is 11.6. The first kappa shape index (κ1) is 13.1. The molecule has 3 nitrogen and oxygen atoms in total. The molecule has 0 N–H and O–H groups in total. The highest BCUT2D eigenvalue weighted by Crippen LogP contribution is 2.32. The Morgan fingerprint density at radius 2 is 2.20 bits per heavy atom. The lowest BCUT2D eigenvalue weighted by molar-refractivity contribution is -0.254. The van der Waals surface area contributed by atoms with Gasteiger partial charge in [0.2, 0.25) is 0 Å². The molecule has 1 aliphatic carbocycles. The molecule has 1 aliphatic rings. The Bertz CT molecular complexity index is 663. The first-order chi connectivity index (χ1) is 9.70. The highest BCUT2D eigenvalue weighted by atomic mass is 16.4. The number of para-hydroxylation sites is 1. The van der Waals surface area contributed by atoms with Gasteiger partial charge in [-0.15, -0.1) is 0 Å². The quantitative estimate of drug-likeness (QED) is 0.859. The molecule has 1 atom stereocenters. The minimum Gasteiger partial charge on any atom is -0.545 e. The molecule has 0 amide bonds. The number of hydrogen-bond acceptors (Lipinski definition) is 3. The van der Waals surface area contributed by atoms with E-state index in [0.717, 1.165) is 48.9 Å². The van der Waals surface area contributed by atoms with Gasteiger partial charge in [-0.3, -0.25) is 4.98 Å². The summed E-state index contributed by atoms with van der Waals surface area (Å²) >= 11 is 0. The topological polar surface area (TPSA) is 53.0 Å². The third kappa shape index (κ3) is 2.17. The molecule has 104 valence electrons. The van der Waals surface area contributed by atoms with Crippen LogP contribution >= 0.6 is 0 Å². The molecular formula is C17H18NO2-. The largest absolute Gasteiger partial charge is 0.545 e. The summed E-state index contributed by atoms with van der Waals surface area (Å²) in [5, 5.41) is 12.3. The molecule has 0 bridgehead atoms. The minimum absolute atomic E-state index is 0.367. The molecule has 20 heavy (non-hydrogen) atoms. The second-order valence-electron chi connectivity index (χ2n) is 5.61. The number of aryl methyl sites for hydroxylation is 1. The molecule has 1 aromatic carbocycles. The number of aromatic nitrogens is 1. The van der Waals surface area contributed by atoms with Crippen molar-refractivity contribution in [1.29, 1.82) is 0 Å². The zero-order valence-corrected chi connectivity index (χ0v) is 11.7. The van der Waals surface area contributed by atoms with Crippen LogP contribution in [-0.2, 0) is 12.8 Å². The van der Waals surface area contributed by atoms with E-state index >= 15 is 0 Å². The van der Waals surface area contributed by atoms with Crippen LogP contribution in [0.1, 0.15) is 47.8 Å². The Labute approximate surface area is 118 Å². The van der Waals surface area contributed by atoms with Gasteiger partial charge in [0.05, 0.1) is 11.5 Å². The van der Waals surface area contributed by atoms with Gasteiger partial charge in [-0.05, 0) is 36.8 Å². The molecular weight excluding hydrogens is 250 g/mol. The van der Waals surface area contributed by atoms with Crippen molar-refractivity contribution in [2.45, 2.75) is 39.0 Å². The number of benzene rings is 1. The summed E-state index contributed by atoms with van der Waals surface area (Å²) in [4.78, 5) is 16.3. The Balaban J connectivity index is 2.18. The monoisotopic (exact) mass is 268 g/mol. The molecule has 1 aromatic heterocycles. The van der Waals surface area contributed by atoms with Crippen molar-refractivity contribution in [3.05, 3.63) is 41.1 Å². The van der Waals surface area contributed by atoms with Crippen molar-refractivity contribution < 1.29 is 9.90 Å². The van der Waals surface area contributed by atoms with Gasteiger partial charge in [0, 0.05) is 16.6 Å². The van der Waals surface area contributed by atoms with Crippen LogP contribution in [-0.4, -0.2) is 11.0 Å². The van der Waals surface area contributed by atoms with Crippen LogP contribution in [0.25, 0.3) is 10.9 Å². The summed E-state index contributed by atoms with van der Waals surface area (Å²) in [6.45, 7) is 2.17. The van der Waals surface area contributed by atoms with Crippen LogP contribution in [0, 0.1) is 5.92 Å². The average Bonchev–Trinajstić information content (AvgIpc) is 2.44. The van der Waals surface area contributed by atoms with Crippen LogP contribution in [0.2, 0.25) is 0 Å². The Morgan fingerprint density at radius 3 is 2.95 bits per heavy atom. The number of carbonyl (C=O) groups is 1. The fourth-order valence-corrected chi connectivity index (χ4v) is 3.35. The molecule has 3 heteroatoms. The third-order valence-electron chi connectivity index (χ3n) is 4.26. The van der Waals surface area contributed by atoms with Gasteiger partial charge >= 0.3 is 0 Å². The summed E-state index contributed by atoms with van der Waals surface area (Å²) in [7, 11) is 0. The normalized spacial score (nSPS) is 17.9. The molecule has 0 spiro atoms. The fraction of sp³-hybridized carbons (Fsp3) is 0.412. The van der Waals surface area contributed by atoms with E-state index < -0.39 is 5.97 Å². The number of carboxylic acids is 1. The lowest BCUT2D eigenvalue weighted by atomic mass is 9.81. The van der Waals surface area contributed by atoms with Gasteiger partial charge in [0.25, 0.3) is 0 Å². The van der Waals surface area contributed by atoms with Crippen LogP contribution in [0.3, 0.4) is 0 Å². The van der Waals surface area contributed by atoms with E-state index in [9.17, 15) is 9.90 Å². The Hall–Kier alpha value is -1.90. The van der Waals surface area contributed by atoms with Gasteiger partial charge in [0.1, 0.15) is 0 Å². The third-order valence-corrected chi connectivity index (χ3v) is 4.26. The van der Waals surface area contributed by atoms with E-state index in [4.69, 9.17) is 0 Å². The summed E-state index contributed by atoms with van der Waals surface area (Å²) in [5.74, 6) is -0.495. The average molecular weight is 268 g/mol. The van der Waals surface area contributed by atoms with E-state index in [-0.39, 0.29) is 0 Å². The first-order valence-corrected chi connectivity index (χ1v) is 7.32. The molecule has 0 radical (unpaired) electrons. The second-order valence-corrected chi connectivity index (χ2v) is 5.61. The number of hydrogen-bond donors (Lipinski definition) is 0. The number of pyridine rings is 1. The summed E-state index contributed by atoms with van der Waals surface area (Å²) in [6.07, 6.45) is 5.11. The number of carbonyl (C=O) groups excluding carboxylic acids is 1. The number of nitrogens with zero attached hydrogens (tertiary/aromatic N) is 1. The van der Waals surface area contributed by atoms with Gasteiger partial charge in [-0.2, -0.15) is 0 Å². The molecule has 0 aliphatic heterocycles. The number of aromatic carboxylic acids is 1. The molecule has 1 heterocycles. The van der Waals surface area contributed by atoms with Gasteiger partial charge < -0.3 is 9.90 Å². The zero-order valence-electron chi connectivity index (χ0n) is 11.7. The van der Waals surface area contributed by atoms with E-state index in [0.29, 0.717) is 16.9 Å². The number of rotatable bonds is 3. The van der Waals surface area contributed by atoms with Gasteiger partial charge in [0.15, 0.2) is 0 Å². The first-order valence-electron chi connectivity index (χ1n) is 7.32. The molecule has 0 saturated heterocycles. The van der Waals surface area contributed by atoms with E-state index in [1.807, 2.05) is 24.3 Å². The molecule has 0 saturated carbocycles. The van der Waals surface area contributed by atoms with Crippen molar-refractivity contribution in [3.8, 4) is 0 Å². The maximum atomic E-state index is 11.6. The van der Waals surface area contributed by atoms with Crippen LogP contribution in [0.5, 0.6) is 0 Å². The molecule has 3 rings (SSSR count). The van der Waals surface area contributed by atoms with Crippen LogP contribution < -0.4 is 5.11 Å². The molecule has 0 unspecified atom stereocenters. The molecule has 2 aromatic rings. The van der Waals surface area contributed by atoms with Gasteiger partial charge in [-0.25, -0.2) is 0 Å². The summed E-state index contributed by atoms with van der Waals surface area (Å²) in [6, 6.07) is 7.45. The number of fused-ring (bicyclic) bond motifs is 2. The van der Waals surface area contributed by atoms with Crippen LogP contribution in [0.4, 0.5) is 0 Å². The fourth-order valence-electron chi connectivity index (χ4n) is 3.35. The van der Waals surface area contributed by atoms with E-state index in [2.05, 4.69) is 11.9 Å². The predicted molar refractivity (Wildman–Crippen MR) is 76.5 cm³/mol. The smallest absolute Gasteiger partial charge is 0.0725 e. The van der Waals surface area contributed by atoms with Gasteiger partial charge in [-0.1, -0.05) is 38.0 Å². The highest BCUT2D eigenvalue weighted by Gasteiger charge is 2.23. The summed E-state index contributed by atoms with van der Waals surface area (Å²) in [5.41, 5.74) is 2.99. The Kier molecular flexibility index (Phi) is 3.43. The molecule has 0 fully saturated rings. The van der Waals surface area contributed by atoms with Crippen molar-refractivity contribution in [1.82, 2.24) is 4.98 Å². The van der Waals surface area contributed by atoms with E-state index in [1.165, 1.54) is 0 Å². The Morgan fingerprint density at radius 1 is 1.40 bits per heavy atom. The van der Waals surface area contributed by atoms with Crippen molar-refractivity contribution in [2.75, 3.05) is 0 Å². The SMILES string of the molecule is CCC[C@H]1CCc2nc3ccccc3c(C(=O)[O-])c2C1.